The maximum Gasteiger partial charge on any atom is 0.262 e. The molecule has 0 saturated heterocycles. The molecule has 180 valence electrons. The monoisotopic (exact) mass is 480 g/mol. The Labute approximate surface area is 205 Å². The summed E-state index contributed by atoms with van der Waals surface area (Å²) in [5.74, 6) is -0.725. The van der Waals surface area contributed by atoms with E-state index in [1.807, 2.05) is 36.9 Å². The van der Waals surface area contributed by atoms with E-state index >= 15 is 0 Å². The Morgan fingerprint density at radius 2 is 1.79 bits per heavy atom. The van der Waals surface area contributed by atoms with Crippen LogP contribution in [0.1, 0.15) is 49.0 Å². The second-order valence-electron chi connectivity index (χ2n) is 8.04. The highest BCUT2D eigenvalue weighted by molar-refractivity contribution is 8.15. The summed E-state index contributed by atoms with van der Waals surface area (Å²) in [5, 5.41) is 5.90. The number of nitrogens with one attached hydrogen (secondary N) is 2. The number of carbonyl (C=O) groups excluding carboxylic acids is 3. The molecule has 1 aliphatic heterocycles. The molecule has 0 fully saturated rings. The summed E-state index contributed by atoms with van der Waals surface area (Å²) < 4.78 is 0. The molecule has 7 nitrogen and oxygen atoms in total. The number of aryl methyl sites for hydroxylation is 1. The standard InChI is InChI=1S/C26H32N4O3S/c1-3-30(4-2)26-29-25(33)22(34-26)18-23(31)28-21-15-10-14-20(17-21)24(32)27-16-9-8-13-19-11-6-5-7-12-19/h5-7,10-12,14-15,17,22H,3-4,8-9,13,16,18H2,1-2H3,(H,27,32)(H,28,31). The maximum atomic E-state index is 12.5. The van der Waals surface area contributed by atoms with Crippen molar-refractivity contribution in [3.05, 3.63) is 65.7 Å². The fourth-order valence-electron chi connectivity index (χ4n) is 3.66. The number of hydrogen-bond acceptors (Lipinski definition) is 5. The number of hydrogen-bond donors (Lipinski definition) is 2. The second-order valence-corrected chi connectivity index (χ2v) is 9.21. The highest BCUT2D eigenvalue weighted by atomic mass is 32.2. The molecule has 0 aromatic heterocycles. The zero-order valence-electron chi connectivity index (χ0n) is 19.8. The number of anilines is 1. The molecule has 0 bridgehead atoms. The van der Waals surface area contributed by atoms with Crippen molar-refractivity contribution >= 4 is 40.3 Å². The molecule has 2 aromatic carbocycles. The minimum absolute atomic E-state index is 0.0373. The molecule has 34 heavy (non-hydrogen) atoms. The van der Waals surface area contributed by atoms with E-state index in [-0.39, 0.29) is 24.1 Å². The van der Waals surface area contributed by atoms with E-state index in [0.717, 1.165) is 32.4 Å². The van der Waals surface area contributed by atoms with Crippen LogP contribution < -0.4 is 10.6 Å². The Balaban J connectivity index is 1.43. The number of nitrogens with zero attached hydrogens (tertiary/aromatic N) is 2. The first kappa shape index (κ1) is 25.5. The minimum atomic E-state index is -0.516. The number of unbranched alkanes of at least 4 members (excludes halogenated alkanes) is 1. The van der Waals surface area contributed by atoms with Crippen LogP contribution in [0.25, 0.3) is 0 Å². The van der Waals surface area contributed by atoms with Gasteiger partial charge < -0.3 is 15.5 Å². The van der Waals surface area contributed by atoms with Gasteiger partial charge in [0.1, 0.15) is 5.25 Å². The number of aliphatic imine (C=N–C) groups is 1. The largest absolute Gasteiger partial charge is 0.352 e. The lowest BCUT2D eigenvalue weighted by molar-refractivity contribution is -0.121. The Morgan fingerprint density at radius 1 is 1.03 bits per heavy atom. The van der Waals surface area contributed by atoms with Crippen LogP contribution in [0.4, 0.5) is 5.69 Å². The van der Waals surface area contributed by atoms with Crippen molar-refractivity contribution in [2.24, 2.45) is 4.99 Å². The zero-order valence-corrected chi connectivity index (χ0v) is 20.6. The summed E-state index contributed by atoms with van der Waals surface area (Å²) in [7, 11) is 0. The molecule has 3 amide bonds. The predicted molar refractivity (Wildman–Crippen MR) is 138 cm³/mol. The van der Waals surface area contributed by atoms with E-state index in [0.29, 0.717) is 23.0 Å². The lowest BCUT2D eigenvalue weighted by Crippen LogP contribution is -2.28. The average molecular weight is 481 g/mol. The van der Waals surface area contributed by atoms with Crippen molar-refractivity contribution in [1.82, 2.24) is 10.2 Å². The quantitative estimate of drug-likeness (QED) is 0.473. The molecule has 0 radical (unpaired) electrons. The third-order valence-electron chi connectivity index (χ3n) is 5.56. The van der Waals surface area contributed by atoms with Crippen LogP contribution in [0.2, 0.25) is 0 Å². The second kappa shape index (κ2) is 12.9. The zero-order chi connectivity index (χ0) is 24.3. The van der Waals surface area contributed by atoms with E-state index in [9.17, 15) is 14.4 Å². The van der Waals surface area contributed by atoms with Crippen molar-refractivity contribution in [2.45, 2.75) is 44.8 Å². The number of amidine groups is 1. The van der Waals surface area contributed by atoms with Gasteiger partial charge in [-0.15, -0.1) is 0 Å². The molecule has 0 aliphatic carbocycles. The topological polar surface area (TPSA) is 90.9 Å². The number of carbonyl (C=O) groups is 3. The number of amides is 3. The average Bonchev–Trinajstić information content (AvgIpc) is 3.19. The van der Waals surface area contributed by atoms with Crippen LogP contribution in [0.15, 0.2) is 59.6 Å². The number of thioether (sulfide) groups is 1. The van der Waals surface area contributed by atoms with Gasteiger partial charge in [-0.2, -0.15) is 4.99 Å². The Morgan fingerprint density at radius 3 is 2.53 bits per heavy atom. The maximum absolute atomic E-state index is 12.5. The molecule has 8 heteroatoms. The van der Waals surface area contributed by atoms with Crippen molar-refractivity contribution < 1.29 is 14.4 Å². The van der Waals surface area contributed by atoms with Crippen LogP contribution in [0.3, 0.4) is 0 Å². The van der Waals surface area contributed by atoms with Gasteiger partial charge in [-0.25, -0.2) is 0 Å². The molecule has 3 rings (SSSR count). The fraction of sp³-hybridized carbons (Fsp3) is 0.385. The molecular formula is C26H32N4O3S. The third-order valence-corrected chi connectivity index (χ3v) is 6.78. The Bertz CT molecular complexity index is 1020. The summed E-state index contributed by atoms with van der Waals surface area (Å²) in [6.45, 7) is 6.13. The molecule has 1 atom stereocenters. The van der Waals surface area contributed by atoms with E-state index < -0.39 is 5.25 Å². The summed E-state index contributed by atoms with van der Waals surface area (Å²) in [5.41, 5.74) is 2.31. The molecule has 2 N–H and O–H groups in total. The smallest absolute Gasteiger partial charge is 0.262 e. The van der Waals surface area contributed by atoms with Crippen LogP contribution >= 0.6 is 11.8 Å². The van der Waals surface area contributed by atoms with Gasteiger partial charge in [-0.05, 0) is 56.9 Å². The third kappa shape index (κ3) is 7.45. The van der Waals surface area contributed by atoms with Gasteiger partial charge in [0.25, 0.3) is 11.8 Å². The molecule has 1 unspecified atom stereocenters. The van der Waals surface area contributed by atoms with E-state index in [1.54, 1.807) is 24.3 Å². The SMILES string of the molecule is CCN(CC)C1=NC(=O)C(CC(=O)Nc2cccc(C(=O)NCCCCc3ccccc3)c2)S1. The van der Waals surface area contributed by atoms with E-state index in [2.05, 4.69) is 27.8 Å². The van der Waals surface area contributed by atoms with Gasteiger partial charge in [-0.1, -0.05) is 48.2 Å². The lowest BCUT2D eigenvalue weighted by Gasteiger charge is -2.19. The predicted octanol–water partition coefficient (Wildman–Crippen LogP) is 4.11. The normalized spacial score (nSPS) is 15.1. The van der Waals surface area contributed by atoms with Gasteiger partial charge in [0, 0.05) is 37.3 Å². The summed E-state index contributed by atoms with van der Waals surface area (Å²) in [6, 6.07) is 17.1. The van der Waals surface area contributed by atoms with Crippen LogP contribution in [-0.4, -0.2) is 52.7 Å². The minimum Gasteiger partial charge on any atom is -0.352 e. The first-order valence-electron chi connectivity index (χ1n) is 11.8. The van der Waals surface area contributed by atoms with Gasteiger partial charge >= 0.3 is 0 Å². The molecule has 1 heterocycles. The molecule has 0 spiro atoms. The molecule has 1 aliphatic rings. The Hall–Kier alpha value is -3.13. The van der Waals surface area contributed by atoms with Gasteiger partial charge in [0.15, 0.2) is 5.17 Å². The molecule has 0 saturated carbocycles. The number of rotatable bonds is 11. The van der Waals surface area contributed by atoms with Crippen molar-refractivity contribution in [2.75, 3.05) is 25.0 Å². The van der Waals surface area contributed by atoms with Gasteiger partial charge in [0.2, 0.25) is 5.91 Å². The van der Waals surface area contributed by atoms with Gasteiger partial charge in [-0.3, -0.25) is 14.4 Å². The van der Waals surface area contributed by atoms with E-state index in [4.69, 9.17) is 0 Å². The van der Waals surface area contributed by atoms with Gasteiger partial charge in [0.05, 0.1) is 0 Å². The Kier molecular flexibility index (Phi) is 9.70. The summed E-state index contributed by atoms with van der Waals surface area (Å²) >= 11 is 1.34. The first-order valence-corrected chi connectivity index (χ1v) is 12.6. The first-order chi connectivity index (χ1) is 16.5. The highest BCUT2D eigenvalue weighted by Crippen LogP contribution is 2.27. The van der Waals surface area contributed by atoms with Crippen LogP contribution in [0.5, 0.6) is 0 Å². The van der Waals surface area contributed by atoms with Crippen LogP contribution in [0, 0.1) is 0 Å². The fourth-order valence-corrected chi connectivity index (χ4v) is 4.85. The van der Waals surface area contributed by atoms with Crippen molar-refractivity contribution in [1.29, 1.82) is 0 Å². The molecular weight excluding hydrogens is 448 g/mol. The molecule has 2 aromatic rings. The summed E-state index contributed by atoms with van der Waals surface area (Å²) in [6.07, 6.45) is 2.91. The van der Waals surface area contributed by atoms with Crippen molar-refractivity contribution in [3.63, 3.8) is 0 Å². The van der Waals surface area contributed by atoms with Crippen molar-refractivity contribution in [3.8, 4) is 0 Å². The highest BCUT2D eigenvalue weighted by Gasteiger charge is 2.32. The van der Waals surface area contributed by atoms with Crippen LogP contribution in [-0.2, 0) is 16.0 Å². The lowest BCUT2D eigenvalue weighted by atomic mass is 10.1. The summed E-state index contributed by atoms with van der Waals surface area (Å²) in [4.78, 5) is 43.4. The van der Waals surface area contributed by atoms with E-state index in [1.165, 1.54) is 17.3 Å². The number of benzene rings is 2.